The first-order chi connectivity index (χ1) is 8.16. The van der Waals surface area contributed by atoms with E-state index in [0.717, 1.165) is 37.4 Å². The Balaban J connectivity index is 2.13. The van der Waals surface area contributed by atoms with E-state index in [-0.39, 0.29) is 12.1 Å². The minimum Gasteiger partial charge on any atom is -0.490 e. The van der Waals surface area contributed by atoms with Crippen molar-refractivity contribution in [2.75, 3.05) is 13.2 Å². The highest BCUT2D eigenvalue weighted by Crippen LogP contribution is 2.29. The van der Waals surface area contributed by atoms with E-state index >= 15 is 0 Å². The molecule has 0 radical (unpaired) electrons. The lowest BCUT2D eigenvalue weighted by atomic mass is 10.1. The summed E-state index contributed by atoms with van der Waals surface area (Å²) < 4.78 is 11.3. The summed E-state index contributed by atoms with van der Waals surface area (Å²) in [7, 11) is 0. The summed E-state index contributed by atoms with van der Waals surface area (Å²) in [4.78, 5) is 0. The third kappa shape index (κ3) is 3.35. The Morgan fingerprint density at radius 2 is 2.12 bits per heavy atom. The molecule has 1 atom stereocenters. The number of hydrogen-bond acceptors (Lipinski definition) is 3. The van der Waals surface area contributed by atoms with E-state index in [2.05, 4.69) is 0 Å². The Kier molecular flexibility index (Phi) is 4.26. The molecule has 0 spiro atoms. The first-order valence-electron chi connectivity index (χ1n) is 5.96. The van der Waals surface area contributed by atoms with Crippen LogP contribution < -0.4 is 10.5 Å². The Hall–Kier alpha value is -0.770. The third-order valence-electron chi connectivity index (χ3n) is 2.92. The van der Waals surface area contributed by atoms with Crippen LogP contribution in [0, 0.1) is 0 Å². The molecule has 0 aliphatic carbocycles. The predicted molar refractivity (Wildman–Crippen MR) is 68.5 cm³/mol. The number of benzene rings is 1. The Bertz CT molecular complexity index is 376. The standard InChI is InChI=1S/C13H18ClNO2/c1-9(15)12-8-10(14)2-3-13(12)17-11-4-6-16-7-5-11/h2-3,8-9,11H,4-7,15H2,1H3/t9-/m0/s1. The van der Waals surface area contributed by atoms with Gasteiger partial charge in [-0.1, -0.05) is 11.6 Å². The van der Waals surface area contributed by atoms with Crippen molar-refractivity contribution in [3.8, 4) is 5.75 Å². The molecule has 0 saturated carbocycles. The molecule has 1 aliphatic heterocycles. The SMILES string of the molecule is C[C@H](N)c1cc(Cl)ccc1OC1CCOCC1. The van der Waals surface area contributed by atoms with Crippen LogP contribution in [-0.4, -0.2) is 19.3 Å². The molecule has 94 valence electrons. The molecule has 2 rings (SSSR count). The highest BCUT2D eigenvalue weighted by atomic mass is 35.5. The fourth-order valence-corrected chi connectivity index (χ4v) is 2.14. The van der Waals surface area contributed by atoms with Gasteiger partial charge in [0.2, 0.25) is 0 Å². The van der Waals surface area contributed by atoms with Crippen LogP contribution in [0.5, 0.6) is 5.75 Å². The predicted octanol–water partition coefficient (Wildman–Crippen LogP) is 2.92. The normalized spacial score (nSPS) is 19.0. The van der Waals surface area contributed by atoms with E-state index in [1.807, 2.05) is 25.1 Å². The van der Waals surface area contributed by atoms with Crippen molar-refractivity contribution in [3.63, 3.8) is 0 Å². The van der Waals surface area contributed by atoms with Crippen molar-refractivity contribution in [1.29, 1.82) is 0 Å². The van der Waals surface area contributed by atoms with Gasteiger partial charge in [0.05, 0.1) is 13.2 Å². The van der Waals surface area contributed by atoms with E-state index < -0.39 is 0 Å². The minimum atomic E-state index is -0.0801. The molecule has 4 heteroatoms. The summed E-state index contributed by atoms with van der Waals surface area (Å²) >= 11 is 5.97. The molecule has 1 fully saturated rings. The summed E-state index contributed by atoms with van der Waals surface area (Å²) in [6.07, 6.45) is 2.09. The van der Waals surface area contributed by atoms with Crippen LogP contribution in [0.3, 0.4) is 0 Å². The summed E-state index contributed by atoms with van der Waals surface area (Å²) in [6, 6.07) is 5.53. The molecule has 1 heterocycles. The molecule has 1 aliphatic rings. The Morgan fingerprint density at radius 1 is 1.41 bits per heavy atom. The van der Waals surface area contributed by atoms with Crippen LogP contribution >= 0.6 is 11.6 Å². The fourth-order valence-electron chi connectivity index (χ4n) is 1.96. The maximum absolute atomic E-state index is 5.98. The molecule has 0 amide bonds. The Morgan fingerprint density at radius 3 is 2.76 bits per heavy atom. The molecule has 1 saturated heterocycles. The zero-order valence-corrected chi connectivity index (χ0v) is 10.7. The smallest absolute Gasteiger partial charge is 0.124 e. The van der Waals surface area contributed by atoms with Crippen LogP contribution in [-0.2, 0) is 4.74 Å². The lowest BCUT2D eigenvalue weighted by Gasteiger charge is -2.25. The van der Waals surface area contributed by atoms with Gasteiger partial charge in [0, 0.05) is 29.5 Å². The molecular weight excluding hydrogens is 238 g/mol. The zero-order valence-electron chi connectivity index (χ0n) is 9.99. The molecule has 1 aromatic carbocycles. The third-order valence-corrected chi connectivity index (χ3v) is 3.16. The van der Waals surface area contributed by atoms with Crippen LogP contribution in [0.15, 0.2) is 18.2 Å². The van der Waals surface area contributed by atoms with Gasteiger partial charge in [0.25, 0.3) is 0 Å². The summed E-state index contributed by atoms with van der Waals surface area (Å²) in [5, 5.41) is 0.691. The summed E-state index contributed by atoms with van der Waals surface area (Å²) in [6.45, 7) is 3.47. The average molecular weight is 256 g/mol. The maximum atomic E-state index is 5.98. The van der Waals surface area contributed by atoms with E-state index in [1.54, 1.807) is 0 Å². The van der Waals surface area contributed by atoms with Gasteiger partial charge in [-0.15, -0.1) is 0 Å². The molecule has 2 N–H and O–H groups in total. The summed E-state index contributed by atoms with van der Waals surface area (Å²) in [5.41, 5.74) is 6.89. The first-order valence-corrected chi connectivity index (χ1v) is 6.34. The van der Waals surface area contributed by atoms with Gasteiger partial charge in [0.1, 0.15) is 11.9 Å². The summed E-state index contributed by atoms with van der Waals surface area (Å²) in [5.74, 6) is 0.844. The van der Waals surface area contributed by atoms with Crippen LogP contribution in [0.4, 0.5) is 0 Å². The first kappa shape index (κ1) is 12.7. The van der Waals surface area contributed by atoms with Crippen molar-refractivity contribution in [2.45, 2.75) is 31.9 Å². The van der Waals surface area contributed by atoms with E-state index in [1.165, 1.54) is 0 Å². The largest absolute Gasteiger partial charge is 0.490 e. The Labute approximate surface area is 107 Å². The molecule has 1 aromatic rings. The highest BCUT2D eigenvalue weighted by Gasteiger charge is 2.18. The van der Waals surface area contributed by atoms with Gasteiger partial charge < -0.3 is 15.2 Å². The van der Waals surface area contributed by atoms with Crippen molar-refractivity contribution in [2.24, 2.45) is 5.73 Å². The molecule has 0 bridgehead atoms. The second-order valence-corrected chi connectivity index (χ2v) is 4.84. The van der Waals surface area contributed by atoms with Gasteiger partial charge in [-0.05, 0) is 25.1 Å². The lowest BCUT2D eigenvalue weighted by molar-refractivity contribution is 0.0251. The lowest BCUT2D eigenvalue weighted by Crippen LogP contribution is -2.26. The van der Waals surface area contributed by atoms with Gasteiger partial charge in [-0.25, -0.2) is 0 Å². The van der Waals surface area contributed by atoms with Gasteiger partial charge in [-0.3, -0.25) is 0 Å². The van der Waals surface area contributed by atoms with Gasteiger partial charge in [0.15, 0.2) is 0 Å². The van der Waals surface area contributed by atoms with Crippen LogP contribution in [0.2, 0.25) is 5.02 Å². The van der Waals surface area contributed by atoms with Crippen molar-refractivity contribution in [3.05, 3.63) is 28.8 Å². The molecular formula is C13H18ClNO2. The van der Waals surface area contributed by atoms with Crippen LogP contribution in [0.1, 0.15) is 31.4 Å². The quantitative estimate of drug-likeness (QED) is 0.903. The number of ether oxygens (including phenoxy) is 2. The number of hydrogen-bond donors (Lipinski definition) is 1. The van der Waals surface area contributed by atoms with Crippen molar-refractivity contribution < 1.29 is 9.47 Å². The molecule has 0 unspecified atom stereocenters. The number of nitrogens with two attached hydrogens (primary N) is 1. The van der Waals surface area contributed by atoms with E-state index in [0.29, 0.717) is 5.02 Å². The monoisotopic (exact) mass is 255 g/mol. The number of rotatable bonds is 3. The minimum absolute atomic E-state index is 0.0801. The van der Waals surface area contributed by atoms with Crippen LogP contribution in [0.25, 0.3) is 0 Å². The second kappa shape index (κ2) is 5.71. The van der Waals surface area contributed by atoms with Crippen molar-refractivity contribution >= 4 is 11.6 Å². The topological polar surface area (TPSA) is 44.5 Å². The fraction of sp³-hybridized carbons (Fsp3) is 0.538. The molecule has 17 heavy (non-hydrogen) atoms. The zero-order chi connectivity index (χ0) is 12.3. The van der Waals surface area contributed by atoms with Crippen molar-refractivity contribution in [1.82, 2.24) is 0 Å². The highest BCUT2D eigenvalue weighted by molar-refractivity contribution is 6.30. The van der Waals surface area contributed by atoms with E-state index in [9.17, 15) is 0 Å². The molecule has 0 aromatic heterocycles. The average Bonchev–Trinajstić information content (AvgIpc) is 2.32. The maximum Gasteiger partial charge on any atom is 0.124 e. The van der Waals surface area contributed by atoms with Gasteiger partial charge in [-0.2, -0.15) is 0 Å². The van der Waals surface area contributed by atoms with Gasteiger partial charge >= 0.3 is 0 Å². The number of halogens is 1. The van der Waals surface area contributed by atoms with E-state index in [4.69, 9.17) is 26.8 Å². The second-order valence-electron chi connectivity index (χ2n) is 4.40. The molecule has 3 nitrogen and oxygen atoms in total.